The molecule has 1 aliphatic heterocycles. The molecule has 1 saturated carbocycles. The van der Waals surface area contributed by atoms with Gasteiger partial charge in [0.15, 0.2) is 0 Å². The number of alkyl halides is 1. The predicted octanol–water partition coefficient (Wildman–Crippen LogP) is 2.33. The van der Waals surface area contributed by atoms with E-state index in [9.17, 15) is 4.79 Å². The van der Waals surface area contributed by atoms with Crippen molar-refractivity contribution in [2.45, 2.75) is 50.7 Å². The number of halogens is 1. The van der Waals surface area contributed by atoms with E-state index in [4.69, 9.17) is 4.74 Å². The summed E-state index contributed by atoms with van der Waals surface area (Å²) in [5.74, 6) is 0.203. The van der Waals surface area contributed by atoms with Gasteiger partial charge >= 0.3 is 0 Å². The Bertz CT molecular complexity index is 260. The second kappa shape index (κ2) is 5.05. The molecule has 0 aromatic heterocycles. The zero-order valence-corrected chi connectivity index (χ0v) is 11.5. The van der Waals surface area contributed by atoms with Crippen LogP contribution in [-0.2, 0) is 9.53 Å². The van der Waals surface area contributed by atoms with E-state index in [1.807, 2.05) is 11.8 Å². The number of ether oxygens (including phenoxy) is 1. The average molecular weight is 290 g/mol. The SMILES string of the molecule is CC1(C(=O)N(CCBr)C2CCC2)CCCO1. The molecule has 1 heterocycles. The van der Waals surface area contributed by atoms with Gasteiger partial charge in [0, 0.05) is 24.5 Å². The molecule has 0 radical (unpaired) electrons. The van der Waals surface area contributed by atoms with Crippen molar-refractivity contribution >= 4 is 21.8 Å². The van der Waals surface area contributed by atoms with Crippen LogP contribution in [0.3, 0.4) is 0 Å². The van der Waals surface area contributed by atoms with E-state index in [-0.39, 0.29) is 5.91 Å². The fraction of sp³-hybridized carbons (Fsp3) is 0.917. The molecule has 2 fully saturated rings. The quantitative estimate of drug-likeness (QED) is 0.744. The second-order valence-electron chi connectivity index (χ2n) is 4.96. The molecule has 2 rings (SSSR count). The maximum absolute atomic E-state index is 12.5. The molecule has 1 atom stereocenters. The highest BCUT2D eigenvalue weighted by Gasteiger charge is 2.43. The Morgan fingerprint density at radius 3 is 2.69 bits per heavy atom. The van der Waals surface area contributed by atoms with Gasteiger partial charge in [-0.25, -0.2) is 0 Å². The highest BCUT2D eigenvalue weighted by atomic mass is 79.9. The minimum Gasteiger partial charge on any atom is -0.365 e. The summed E-state index contributed by atoms with van der Waals surface area (Å²) in [6.07, 6.45) is 5.46. The summed E-state index contributed by atoms with van der Waals surface area (Å²) in [6, 6.07) is 0.464. The van der Waals surface area contributed by atoms with Crippen LogP contribution in [0.2, 0.25) is 0 Å². The largest absolute Gasteiger partial charge is 0.365 e. The Morgan fingerprint density at radius 1 is 1.50 bits per heavy atom. The summed E-state index contributed by atoms with van der Waals surface area (Å²) in [6.45, 7) is 3.49. The fourth-order valence-electron chi connectivity index (χ4n) is 2.49. The van der Waals surface area contributed by atoms with E-state index in [1.54, 1.807) is 0 Å². The average Bonchev–Trinajstić information content (AvgIpc) is 2.62. The summed E-state index contributed by atoms with van der Waals surface area (Å²) in [4.78, 5) is 14.5. The van der Waals surface area contributed by atoms with Crippen LogP contribution in [-0.4, -0.2) is 40.9 Å². The van der Waals surface area contributed by atoms with Gasteiger partial charge in [-0.3, -0.25) is 4.79 Å². The van der Waals surface area contributed by atoms with Crippen molar-refractivity contribution in [1.82, 2.24) is 4.90 Å². The van der Waals surface area contributed by atoms with Crippen molar-refractivity contribution < 1.29 is 9.53 Å². The molecule has 3 nitrogen and oxygen atoms in total. The molecule has 1 aliphatic carbocycles. The summed E-state index contributed by atoms with van der Waals surface area (Å²) >= 11 is 3.43. The first-order valence-electron chi connectivity index (χ1n) is 6.18. The van der Waals surface area contributed by atoms with E-state index in [0.717, 1.165) is 44.2 Å². The zero-order chi connectivity index (χ0) is 11.6. The molecule has 0 aromatic carbocycles. The Kier molecular flexibility index (Phi) is 3.90. The number of rotatable bonds is 4. The molecule has 0 spiro atoms. The van der Waals surface area contributed by atoms with Gasteiger partial charge in [-0.2, -0.15) is 0 Å². The molecule has 4 heteroatoms. The van der Waals surface area contributed by atoms with Crippen molar-refractivity contribution in [3.05, 3.63) is 0 Å². The van der Waals surface area contributed by atoms with Crippen molar-refractivity contribution in [2.24, 2.45) is 0 Å². The third kappa shape index (κ3) is 2.28. The highest BCUT2D eigenvalue weighted by Crippen LogP contribution is 2.32. The van der Waals surface area contributed by atoms with Gasteiger partial charge in [-0.15, -0.1) is 0 Å². The standard InChI is InChI=1S/C12H20BrNO2/c1-12(6-3-9-16-12)11(15)14(8-7-13)10-4-2-5-10/h10H,2-9H2,1H3. The monoisotopic (exact) mass is 289 g/mol. The van der Waals surface area contributed by atoms with Gasteiger partial charge < -0.3 is 9.64 Å². The van der Waals surface area contributed by atoms with Gasteiger partial charge in [-0.1, -0.05) is 15.9 Å². The molecular weight excluding hydrogens is 270 g/mol. The van der Waals surface area contributed by atoms with Crippen LogP contribution in [0.25, 0.3) is 0 Å². The van der Waals surface area contributed by atoms with Crippen LogP contribution in [0, 0.1) is 0 Å². The predicted molar refractivity (Wildman–Crippen MR) is 66.7 cm³/mol. The topological polar surface area (TPSA) is 29.5 Å². The number of carbonyl (C=O) groups excluding carboxylic acids is 1. The molecule has 1 saturated heterocycles. The lowest BCUT2D eigenvalue weighted by Gasteiger charge is -2.41. The van der Waals surface area contributed by atoms with Crippen LogP contribution in [0.1, 0.15) is 39.0 Å². The van der Waals surface area contributed by atoms with Gasteiger partial charge in [0.1, 0.15) is 5.60 Å². The lowest BCUT2D eigenvalue weighted by molar-refractivity contribution is -0.154. The highest BCUT2D eigenvalue weighted by molar-refractivity contribution is 9.09. The summed E-state index contributed by atoms with van der Waals surface area (Å²) in [5.41, 5.74) is -0.544. The van der Waals surface area contributed by atoms with E-state index in [2.05, 4.69) is 15.9 Å². The molecule has 2 aliphatic rings. The van der Waals surface area contributed by atoms with Crippen LogP contribution in [0.4, 0.5) is 0 Å². The first-order valence-corrected chi connectivity index (χ1v) is 7.30. The zero-order valence-electron chi connectivity index (χ0n) is 9.88. The normalized spacial score (nSPS) is 30.1. The summed E-state index contributed by atoms with van der Waals surface area (Å²) in [5, 5.41) is 0.852. The van der Waals surface area contributed by atoms with Crippen LogP contribution >= 0.6 is 15.9 Å². The van der Waals surface area contributed by atoms with Gasteiger partial charge in [0.2, 0.25) is 0 Å². The first kappa shape index (κ1) is 12.4. The summed E-state index contributed by atoms with van der Waals surface area (Å²) in [7, 11) is 0. The number of carbonyl (C=O) groups is 1. The minimum atomic E-state index is -0.544. The van der Waals surface area contributed by atoms with Crippen LogP contribution < -0.4 is 0 Å². The van der Waals surface area contributed by atoms with E-state index < -0.39 is 5.60 Å². The second-order valence-corrected chi connectivity index (χ2v) is 5.75. The van der Waals surface area contributed by atoms with Crippen molar-refractivity contribution in [2.75, 3.05) is 18.5 Å². The minimum absolute atomic E-state index is 0.203. The maximum atomic E-state index is 12.5. The summed E-state index contributed by atoms with van der Waals surface area (Å²) < 4.78 is 5.64. The van der Waals surface area contributed by atoms with Crippen molar-refractivity contribution in [1.29, 1.82) is 0 Å². The molecular formula is C12H20BrNO2. The number of hydrogen-bond acceptors (Lipinski definition) is 2. The number of hydrogen-bond donors (Lipinski definition) is 0. The molecule has 1 amide bonds. The molecule has 16 heavy (non-hydrogen) atoms. The fourth-order valence-corrected chi connectivity index (χ4v) is 2.87. The number of amides is 1. The maximum Gasteiger partial charge on any atom is 0.254 e. The molecule has 1 unspecified atom stereocenters. The van der Waals surface area contributed by atoms with E-state index >= 15 is 0 Å². The lowest BCUT2D eigenvalue weighted by Crippen LogP contribution is -2.53. The van der Waals surface area contributed by atoms with Crippen LogP contribution in [0.15, 0.2) is 0 Å². The van der Waals surface area contributed by atoms with Crippen LogP contribution in [0.5, 0.6) is 0 Å². The molecule has 0 N–H and O–H groups in total. The first-order chi connectivity index (χ1) is 7.67. The van der Waals surface area contributed by atoms with Crippen molar-refractivity contribution in [3.8, 4) is 0 Å². The van der Waals surface area contributed by atoms with E-state index in [0.29, 0.717) is 6.04 Å². The van der Waals surface area contributed by atoms with Crippen molar-refractivity contribution in [3.63, 3.8) is 0 Å². The molecule has 92 valence electrons. The van der Waals surface area contributed by atoms with Gasteiger partial charge in [0.05, 0.1) is 0 Å². The Hall–Kier alpha value is -0.0900. The Balaban J connectivity index is 2.03. The lowest BCUT2D eigenvalue weighted by atomic mass is 9.89. The Labute approximate surface area is 106 Å². The third-order valence-corrected chi connectivity index (χ3v) is 4.13. The van der Waals surface area contributed by atoms with Gasteiger partial charge in [-0.05, 0) is 39.0 Å². The number of nitrogens with zero attached hydrogens (tertiary/aromatic N) is 1. The van der Waals surface area contributed by atoms with Gasteiger partial charge in [0.25, 0.3) is 5.91 Å². The molecule has 0 aromatic rings. The molecule has 0 bridgehead atoms. The van der Waals surface area contributed by atoms with E-state index in [1.165, 1.54) is 6.42 Å². The smallest absolute Gasteiger partial charge is 0.254 e. The third-order valence-electron chi connectivity index (χ3n) is 3.77. The Morgan fingerprint density at radius 2 is 2.25 bits per heavy atom.